The molecule has 0 aliphatic heterocycles. The lowest BCUT2D eigenvalue weighted by atomic mass is 10.0. The van der Waals surface area contributed by atoms with E-state index in [9.17, 15) is 0 Å². The standard InChI is InChI=1S/C17H25N3O/c1-4-9-18-10-5-6-16-19-20-17(21-16)12-15-11-13(2)7-8-14(15)3/h7-8,11,18H,4-6,9-10,12H2,1-3H3. The summed E-state index contributed by atoms with van der Waals surface area (Å²) in [6.45, 7) is 8.46. The van der Waals surface area contributed by atoms with E-state index in [0.29, 0.717) is 12.3 Å². The van der Waals surface area contributed by atoms with Crippen LogP contribution < -0.4 is 5.32 Å². The molecule has 0 bridgehead atoms. The number of hydrogen-bond acceptors (Lipinski definition) is 4. The van der Waals surface area contributed by atoms with Crippen LogP contribution in [0, 0.1) is 13.8 Å². The van der Waals surface area contributed by atoms with Crippen LogP contribution in [0.15, 0.2) is 22.6 Å². The molecule has 0 unspecified atom stereocenters. The Bertz CT molecular complexity index is 563. The second kappa shape index (κ2) is 7.93. The second-order valence-corrected chi connectivity index (χ2v) is 5.55. The predicted molar refractivity (Wildman–Crippen MR) is 84.5 cm³/mol. The first-order valence-corrected chi connectivity index (χ1v) is 7.77. The molecule has 0 spiro atoms. The highest BCUT2D eigenvalue weighted by Gasteiger charge is 2.08. The van der Waals surface area contributed by atoms with Gasteiger partial charge in [-0.2, -0.15) is 0 Å². The smallest absolute Gasteiger partial charge is 0.220 e. The molecule has 1 N–H and O–H groups in total. The van der Waals surface area contributed by atoms with E-state index in [2.05, 4.69) is 54.5 Å². The summed E-state index contributed by atoms with van der Waals surface area (Å²) < 4.78 is 5.74. The van der Waals surface area contributed by atoms with Gasteiger partial charge in [0.15, 0.2) is 0 Å². The van der Waals surface area contributed by atoms with Gasteiger partial charge in [0.05, 0.1) is 6.42 Å². The van der Waals surface area contributed by atoms with Gasteiger partial charge in [-0.25, -0.2) is 0 Å². The van der Waals surface area contributed by atoms with E-state index in [1.165, 1.54) is 23.1 Å². The summed E-state index contributed by atoms with van der Waals surface area (Å²) in [6, 6.07) is 6.45. The molecular weight excluding hydrogens is 262 g/mol. The molecule has 114 valence electrons. The lowest BCUT2D eigenvalue weighted by Crippen LogP contribution is -2.16. The molecule has 1 heterocycles. The lowest BCUT2D eigenvalue weighted by Gasteiger charge is -2.04. The van der Waals surface area contributed by atoms with E-state index in [4.69, 9.17) is 4.42 Å². The maximum absolute atomic E-state index is 5.74. The van der Waals surface area contributed by atoms with Crippen molar-refractivity contribution in [2.75, 3.05) is 13.1 Å². The molecule has 1 aromatic heterocycles. The third-order valence-electron chi connectivity index (χ3n) is 3.53. The van der Waals surface area contributed by atoms with Crippen LogP contribution in [0.1, 0.15) is 48.2 Å². The highest BCUT2D eigenvalue weighted by atomic mass is 16.4. The fraction of sp³-hybridized carbons (Fsp3) is 0.529. The quantitative estimate of drug-likeness (QED) is 0.757. The highest BCUT2D eigenvalue weighted by molar-refractivity contribution is 5.32. The van der Waals surface area contributed by atoms with Gasteiger partial charge in [0.1, 0.15) is 0 Å². The lowest BCUT2D eigenvalue weighted by molar-refractivity contribution is 0.449. The number of rotatable bonds is 8. The monoisotopic (exact) mass is 287 g/mol. The van der Waals surface area contributed by atoms with Gasteiger partial charge in [0.2, 0.25) is 11.8 Å². The van der Waals surface area contributed by atoms with Gasteiger partial charge in [0.25, 0.3) is 0 Å². The van der Waals surface area contributed by atoms with E-state index in [-0.39, 0.29) is 0 Å². The van der Waals surface area contributed by atoms with Crippen molar-refractivity contribution in [1.29, 1.82) is 0 Å². The highest BCUT2D eigenvalue weighted by Crippen LogP contribution is 2.15. The Hall–Kier alpha value is -1.68. The van der Waals surface area contributed by atoms with Crippen LogP contribution in [0.4, 0.5) is 0 Å². The Balaban J connectivity index is 1.86. The summed E-state index contributed by atoms with van der Waals surface area (Å²) in [5.41, 5.74) is 3.79. The fourth-order valence-electron chi connectivity index (χ4n) is 2.28. The summed E-state index contributed by atoms with van der Waals surface area (Å²) in [4.78, 5) is 0. The van der Waals surface area contributed by atoms with Gasteiger partial charge in [0, 0.05) is 6.42 Å². The van der Waals surface area contributed by atoms with E-state index < -0.39 is 0 Å². The van der Waals surface area contributed by atoms with Crippen molar-refractivity contribution in [3.8, 4) is 0 Å². The van der Waals surface area contributed by atoms with Gasteiger partial charge in [-0.1, -0.05) is 30.7 Å². The first-order chi connectivity index (χ1) is 10.2. The molecule has 0 amide bonds. The number of hydrogen-bond donors (Lipinski definition) is 1. The molecule has 2 aromatic rings. The zero-order valence-corrected chi connectivity index (χ0v) is 13.3. The van der Waals surface area contributed by atoms with Crippen LogP contribution in [0.5, 0.6) is 0 Å². The third kappa shape index (κ3) is 4.97. The van der Waals surface area contributed by atoms with Crippen LogP contribution in [-0.2, 0) is 12.8 Å². The Morgan fingerprint density at radius 2 is 1.90 bits per heavy atom. The van der Waals surface area contributed by atoms with Crippen molar-refractivity contribution in [3.05, 3.63) is 46.7 Å². The second-order valence-electron chi connectivity index (χ2n) is 5.55. The molecule has 4 nitrogen and oxygen atoms in total. The van der Waals surface area contributed by atoms with Crippen molar-refractivity contribution in [2.45, 2.75) is 46.5 Å². The number of nitrogens with one attached hydrogen (secondary N) is 1. The molecule has 0 saturated carbocycles. The Labute approximate surface area is 127 Å². The SMILES string of the molecule is CCCNCCCc1nnc(Cc2cc(C)ccc2C)o1. The minimum Gasteiger partial charge on any atom is -0.425 e. The largest absolute Gasteiger partial charge is 0.425 e. The van der Waals surface area contributed by atoms with Gasteiger partial charge < -0.3 is 9.73 Å². The summed E-state index contributed by atoms with van der Waals surface area (Å²) in [6.07, 6.45) is 3.76. The first-order valence-electron chi connectivity index (χ1n) is 7.77. The molecular formula is C17H25N3O. The summed E-state index contributed by atoms with van der Waals surface area (Å²) >= 11 is 0. The topological polar surface area (TPSA) is 51.0 Å². The molecule has 0 atom stereocenters. The first kappa shape index (κ1) is 15.7. The van der Waals surface area contributed by atoms with Crippen LogP contribution in [0.3, 0.4) is 0 Å². The van der Waals surface area contributed by atoms with Crippen LogP contribution in [0.2, 0.25) is 0 Å². The van der Waals surface area contributed by atoms with Crippen LogP contribution >= 0.6 is 0 Å². The van der Waals surface area contributed by atoms with Crippen molar-refractivity contribution in [3.63, 3.8) is 0 Å². The zero-order chi connectivity index (χ0) is 15.1. The molecule has 0 fully saturated rings. The van der Waals surface area contributed by atoms with E-state index in [0.717, 1.165) is 31.8 Å². The number of benzene rings is 1. The Kier molecular flexibility index (Phi) is 5.93. The van der Waals surface area contributed by atoms with Gasteiger partial charge in [-0.15, -0.1) is 10.2 Å². The van der Waals surface area contributed by atoms with Crippen molar-refractivity contribution in [2.24, 2.45) is 0 Å². The van der Waals surface area contributed by atoms with Crippen LogP contribution in [0.25, 0.3) is 0 Å². The molecule has 0 aliphatic rings. The van der Waals surface area contributed by atoms with Crippen molar-refractivity contribution >= 4 is 0 Å². The van der Waals surface area contributed by atoms with Crippen LogP contribution in [-0.4, -0.2) is 23.3 Å². The normalized spacial score (nSPS) is 11.0. The van der Waals surface area contributed by atoms with Gasteiger partial charge in [-0.3, -0.25) is 0 Å². The maximum atomic E-state index is 5.74. The van der Waals surface area contributed by atoms with Crippen molar-refractivity contribution < 1.29 is 4.42 Å². The molecule has 0 radical (unpaired) electrons. The van der Waals surface area contributed by atoms with E-state index in [1.54, 1.807) is 0 Å². The summed E-state index contributed by atoms with van der Waals surface area (Å²) in [5, 5.41) is 11.7. The summed E-state index contributed by atoms with van der Waals surface area (Å²) in [7, 11) is 0. The maximum Gasteiger partial charge on any atom is 0.220 e. The fourth-order valence-corrected chi connectivity index (χ4v) is 2.28. The average Bonchev–Trinajstić information content (AvgIpc) is 2.90. The molecule has 1 aromatic carbocycles. The molecule has 4 heteroatoms. The Morgan fingerprint density at radius 3 is 2.71 bits per heavy atom. The van der Waals surface area contributed by atoms with E-state index >= 15 is 0 Å². The molecule has 0 saturated heterocycles. The van der Waals surface area contributed by atoms with E-state index in [1.807, 2.05) is 0 Å². The molecule has 0 aliphatic carbocycles. The average molecular weight is 287 g/mol. The Morgan fingerprint density at radius 1 is 1.10 bits per heavy atom. The number of aryl methyl sites for hydroxylation is 3. The predicted octanol–water partition coefficient (Wildman–Crippen LogP) is 3.21. The minimum absolute atomic E-state index is 0.709. The zero-order valence-electron chi connectivity index (χ0n) is 13.3. The molecule has 2 rings (SSSR count). The third-order valence-corrected chi connectivity index (χ3v) is 3.53. The van der Waals surface area contributed by atoms with Gasteiger partial charge in [-0.05, 0) is 50.9 Å². The number of aromatic nitrogens is 2. The van der Waals surface area contributed by atoms with Gasteiger partial charge >= 0.3 is 0 Å². The van der Waals surface area contributed by atoms with Crippen molar-refractivity contribution in [1.82, 2.24) is 15.5 Å². The minimum atomic E-state index is 0.709. The number of nitrogens with zero attached hydrogens (tertiary/aromatic N) is 2. The summed E-state index contributed by atoms with van der Waals surface area (Å²) in [5.74, 6) is 1.45. The molecule has 21 heavy (non-hydrogen) atoms.